The van der Waals surface area contributed by atoms with Crippen LogP contribution in [0, 0.1) is 24.1 Å². The number of benzene rings is 1. The first-order chi connectivity index (χ1) is 20.6. The molecule has 0 unspecified atom stereocenters. The van der Waals surface area contributed by atoms with Crippen LogP contribution in [0.1, 0.15) is 50.3 Å². The first-order valence-electron chi connectivity index (χ1n) is 13.9. The minimum atomic E-state index is -1.51. The molecular weight excluding hydrogens is 577 g/mol. The molecule has 5 rings (SSSR count). The lowest BCUT2D eigenvalue weighted by atomic mass is 10.0. The Hall–Kier alpha value is -4.35. The average Bonchev–Trinajstić information content (AvgIpc) is 3.76. The van der Waals surface area contributed by atoms with Gasteiger partial charge in [0.2, 0.25) is 5.91 Å². The number of aromatic nitrogens is 5. The van der Waals surface area contributed by atoms with Crippen LogP contribution in [0.15, 0.2) is 40.2 Å². The molecule has 0 radical (unpaired) electrons. The number of nitrogens with zero attached hydrogens (tertiary/aromatic N) is 7. The van der Waals surface area contributed by atoms with Crippen molar-refractivity contribution in [2.45, 2.75) is 58.2 Å². The van der Waals surface area contributed by atoms with E-state index < -0.39 is 28.7 Å². The molecule has 0 spiro atoms. The van der Waals surface area contributed by atoms with Crippen LogP contribution in [-0.4, -0.2) is 61.7 Å². The van der Waals surface area contributed by atoms with Crippen molar-refractivity contribution in [3.05, 3.63) is 68.4 Å². The normalized spacial score (nSPS) is 14.3. The molecule has 1 aromatic carbocycles. The second-order valence-corrected chi connectivity index (χ2v) is 11.8. The highest BCUT2D eigenvalue weighted by Crippen LogP contribution is 2.34. The maximum Gasteiger partial charge on any atom is 0.333 e. The summed E-state index contributed by atoms with van der Waals surface area (Å²) >= 11 is 1.15. The van der Waals surface area contributed by atoms with E-state index in [4.69, 9.17) is 14.7 Å². The number of hydrogen-bond acceptors (Lipinski definition) is 9. The van der Waals surface area contributed by atoms with E-state index in [2.05, 4.69) is 10.2 Å². The van der Waals surface area contributed by atoms with Gasteiger partial charge in [0, 0.05) is 24.2 Å². The van der Waals surface area contributed by atoms with Gasteiger partial charge < -0.3 is 14.4 Å². The number of carbonyl (C=O) groups excluding carboxylic acids is 1. The highest BCUT2D eigenvalue weighted by molar-refractivity contribution is 7.21. The molecule has 4 aromatic rings. The Morgan fingerprint density at radius 1 is 1.21 bits per heavy atom. The zero-order chi connectivity index (χ0) is 30.9. The molecule has 1 amide bonds. The monoisotopic (exact) mass is 609 g/mol. The SMILES string of the molecule is COc1ccc(F)cc1[C@H](Cn1c(=O)n(C(C)(C)C(=O)N2CCCC2)c(=O)c2c(C)c(-n3nccn3)sc21)OCCC#N. The second kappa shape index (κ2) is 12.1. The molecule has 4 heterocycles. The number of likely N-dealkylation sites (tertiary alicyclic amines) is 1. The van der Waals surface area contributed by atoms with Gasteiger partial charge in [0.15, 0.2) is 0 Å². The Bertz CT molecular complexity index is 1810. The van der Waals surface area contributed by atoms with Gasteiger partial charge in [-0.25, -0.2) is 13.8 Å². The quantitative estimate of drug-likeness (QED) is 0.250. The minimum Gasteiger partial charge on any atom is -0.496 e. The molecule has 14 heteroatoms. The van der Waals surface area contributed by atoms with Crippen LogP contribution < -0.4 is 16.0 Å². The third kappa shape index (κ3) is 5.46. The molecule has 1 saturated heterocycles. The van der Waals surface area contributed by atoms with Gasteiger partial charge in [-0.1, -0.05) is 11.3 Å². The van der Waals surface area contributed by atoms with Crippen molar-refractivity contribution < 1.29 is 18.7 Å². The Labute approximate surface area is 250 Å². The molecule has 0 N–H and O–H groups in total. The third-order valence-electron chi connectivity index (χ3n) is 7.68. The van der Waals surface area contributed by atoms with Crippen LogP contribution in [0.3, 0.4) is 0 Å². The van der Waals surface area contributed by atoms with Crippen molar-refractivity contribution in [2.24, 2.45) is 0 Å². The summed E-state index contributed by atoms with van der Waals surface area (Å²) in [4.78, 5) is 45.7. The van der Waals surface area contributed by atoms with E-state index >= 15 is 0 Å². The number of thiophene rings is 1. The number of methoxy groups -OCH3 is 1. The first kappa shape index (κ1) is 30.1. The number of hydrogen-bond donors (Lipinski definition) is 0. The summed E-state index contributed by atoms with van der Waals surface area (Å²) in [6.07, 6.45) is 3.81. The van der Waals surface area contributed by atoms with Crippen molar-refractivity contribution in [1.82, 2.24) is 29.0 Å². The van der Waals surface area contributed by atoms with Gasteiger partial charge in [0.25, 0.3) is 5.56 Å². The predicted octanol–water partition coefficient (Wildman–Crippen LogP) is 3.29. The van der Waals surface area contributed by atoms with Crippen molar-refractivity contribution in [3.8, 4) is 16.8 Å². The van der Waals surface area contributed by atoms with Gasteiger partial charge >= 0.3 is 5.69 Å². The number of nitriles is 1. The smallest absolute Gasteiger partial charge is 0.333 e. The highest BCUT2D eigenvalue weighted by atomic mass is 32.1. The van der Waals surface area contributed by atoms with E-state index in [-0.39, 0.29) is 30.9 Å². The van der Waals surface area contributed by atoms with Crippen LogP contribution in [-0.2, 0) is 21.6 Å². The number of amides is 1. The van der Waals surface area contributed by atoms with Crippen LogP contribution >= 0.6 is 11.3 Å². The lowest BCUT2D eigenvalue weighted by Crippen LogP contribution is -2.56. The number of aryl methyl sites for hydroxylation is 1. The summed E-state index contributed by atoms with van der Waals surface area (Å²) in [5.74, 6) is -0.539. The maximum absolute atomic E-state index is 14.5. The number of halogens is 1. The fourth-order valence-corrected chi connectivity index (χ4v) is 6.73. The van der Waals surface area contributed by atoms with Crippen LogP contribution in [0.2, 0.25) is 0 Å². The Morgan fingerprint density at radius 3 is 2.56 bits per heavy atom. The summed E-state index contributed by atoms with van der Waals surface area (Å²) < 4.78 is 28.4. The minimum absolute atomic E-state index is 0.00321. The molecule has 226 valence electrons. The molecule has 3 aromatic heterocycles. The summed E-state index contributed by atoms with van der Waals surface area (Å²) in [5, 5.41) is 18.3. The van der Waals surface area contributed by atoms with Gasteiger partial charge in [-0.3, -0.25) is 14.2 Å². The molecule has 43 heavy (non-hydrogen) atoms. The molecule has 1 fully saturated rings. The van der Waals surface area contributed by atoms with Gasteiger partial charge in [-0.15, -0.1) is 4.80 Å². The number of rotatable bonds is 10. The topological polar surface area (TPSA) is 137 Å². The van der Waals surface area contributed by atoms with Crippen LogP contribution in [0.5, 0.6) is 5.75 Å². The number of ether oxygens (including phenoxy) is 2. The molecule has 0 saturated carbocycles. The summed E-state index contributed by atoms with van der Waals surface area (Å²) in [6, 6.07) is 5.98. The van der Waals surface area contributed by atoms with Crippen molar-refractivity contribution in [2.75, 3.05) is 26.8 Å². The Morgan fingerprint density at radius 2 is 1.91 bits per heavy atom. The molecule has 0 aliphatic carbocycles. The van der Waals surface area contributed by atoms with Gasteiger partial charge in [-0.2, -0.15) is 15.5 Å². The largest absolute Gasteiger partial charge is 0.496 e. The second-order valence-electron chi connectivity index (χ2n) is 10.8. The van der Waals surface area contributed by atoms with E-state index in [1.54, 1.807) is 25.7 Å². The molecule has 1 atom stereocenters. The number of fused-ring (bicyclic) bond motifs is 1. The standard InChI is InChI=1S/C29H32FN7O5S/c1-18-23-24(38)36(29(2,3)27(39)34-13-5-6-14-34)28(40)35(26(23)43-25(18)37-32-11-12-33-37)17-22(42-15-7-10-31)20-16-19(30)8-9-21(20)41-4/h8-9,11-12,16,22H,5-7,13-15,17H2,1-4H3/t22-/m0/s1. The molecule has 0 bridgehead atoms. The fraction of sp³-hybridized carbons (Fsp3) is 0.448. The zero-order valence-corrected chi connectivity index (χ0v) is 25.2. The van der Waals surface area contributed by atoms with Crippen molar-refractivity contribution in [3.63, 3.8) is 0 Å². The predicted molar refractivity (Wildman–Crippen MR) is 157 cm³/mol. The highest BCUT2D eigenvalue weighted by Gasteiger charge is 2.39. The van der Waals surface area contributed by atoms with Crippen LogP contribution in [0.4, 0.5) is 4.39 Å². The molecular formula is C29H32FN7O5S. The number of carbonyl (C=O) groups is 1. The molecule has 1 aliphatic heterocycles. The summed E-state index contributed by atoms with van der Waals surface area (Å²) in [7, 11) is 1.44. The zero-order valence-electron chi connectivity index (χ0n) is 24.4. The summed E-state index contributed by atoms with van der Waals surface area (Å²) in [6.45, 7) is 5.82. The van der Waals surface area contributed by atoms with Crippen molar-refractivity contribution in [1.29, 1.82) is 5.26 Å². The molecule has 1 aliphatic rings. The fourth-order valence-electron chi connectivity index (χ4n) is 5.51. The van der Waals surface area contributed by atoms with E-state index in [9.17, 15) is 18.8 Å². The van der Waals surface area contributed by atoms with Gasteiger partial charge in [0.05, 0.1) is 50.5 Å². The Balaban J connectivity index is 1.76. The van der Waals surface area contributed by atoms with E-state index in [1.807, 2.05) is 6.07 Å². The first-order valence-corrected chi connectivity index (χ1v) is 14.7. The average molecular weight is 610 g/mol. The Kier molecular flexibility index (Phi) is 8.48. The van der Waals surface area contributed by atoms with E-state index in [0.717, 1.165) is 28.7 Å². The van der Waals surface area contributed by atoms with Gasteiger partial charge in [0.1, 0.15) is 33.0 Å². The third-order valence-corrected chi connectivity index (χ3v) is 8.96. The summed E-state index contributed by atoms with van der Waals surface area (Å²) in [5.41, 5.74) is -1.97. The van der Waals surface area contributed by atoms with E-state index in [0.29, 0.717) is 39.8 Å². The van der Waals surface area contributed by atoms with Gasteiger partial charge in [-0.05, 0) is 51.8 Å². The lowest BCUT2D eigenvalue weighted by molar-refractivity contribution is -0.138. The van der Waals surface area contributed by atoms with Crippen LogP contribution in [0.25, 0.3) is 15.2 Å². The molecule has 12 nitrogen and oxygen atoms in total. The van der Waals surface area contributed by atoms with E-state index in [1.165, 1.54) is 47.1 Å². The lowest BCUT2D eigenvalue weighted by Gasteiger charge is -2.31. The van der Waals surface area contributed by atoms with Crippen molar-refractivity contribution >= 4 is 27.5 Å². The maximum atomic E-state index is 14.5.